The molecule has 0 saturated carbocycles. The summed E-state index contributed by atoms with van der Waals surface area (Å²) in [5.41, 5.74) is 1.64. The first-order chi connectivity index (χ1) is 13.2. The summed E-state index contributed by atoms with van der Waals surface area (Å²) in [4.78, 5) is 21.7. The Labute approximate surface area is 161 Å². The number of nitrogens with zero attached hydrogens (tertiary/aromatic N) is 3. The number of amides is 1. The topological polar surface area (TPSA) is 57.7 Å². The Balaban J connectivity index is 1.64. The van der Waals surface area contributed by atoms with Crippen LogP contribution in [0.2, 0.25) is 0 Å². The average molecular weight is 368 g/mol. The fourth-order valence-corrected chi connectivity index (χ4v) is 3.10. The molecule has 1 amide bonds. The third kappa shape index (κ3) is 5.20. The van der Waals surface area contributed by atoms with Crippen molar-refractivity contribution in [1.29, 1.82) is 0 Å². The van der Waals surface area contributed by atoms with Crippen molar-refractivity contribution in [2.75, 3.05) is 44.7 Å². The van der Waals surface area contributed by atoms with Crippen molar-refractivity contribution in [3.8, 4) is 5.75 Å². The molecule has 27 heavy (non-hydrogen) atoms. The van der Waals surface area contributed by atoms with Gasteiger partial charge in [-0.15, -0.1) is 0 Å². The number of carbonyl (C=O) groups excluding carboxylic acids is 1. The Bertz CT molecular complexity index is 757. The molecule has 0 unspecified atom stereocenters. The maximum absolute atomic E-state index is 12.6. The summed E-state index contributed by atoms with van der Waals surface area (Å²) >= 11 is 0. The quantitative estimate of drug-likeness (QED) is 0.814. The number of piperazine rings is 1. The number of carbonyl (C=O) groups is 1. The highest BCUT2D eigenvalue weighted by atomic mass is 16.5. The molecular formula is C21H28N4O2. The van der Waals surface area contributed by atoms with Gasteiger partial charge < -0.3 is 19.9 Å². The average Bonchev–Trinajstić information content (AvgIpc) is 2.71. The molecule has 0 atom stereocenters. The van der Waals surface area contributed by atoms with Crippen LogP contribution in [0.4, 0.5) is 5.82 Å². The van der Waals surface area contributed by atoms with E-state index in [0.717, 1.165) is 49.7 Å². The fourth-order valence-electron chi connectivity index (χ4n) is 3.10. The van der Waals surface area contributed by atoms with Gasteiger partial charge in [0.25, 0.3) is 5.91 Å². The summed E-state index contributed by atoms with van der Waals surface area (Å²) in [6.07, 6.45) is 2.75. The number of pyridine rings is 1. The zero-order chi connectivity index (χ0) is 19.1. The van der Waals surface area contributed by atoms with Crippen LogP contribution >= 0.6 is 0 Å². The van der Waals surface area contributed by atoms with Gasteiger partial charge in [-0.25, -0.2) is 4.98 Å². The summed E-state index contributed by atoms with van der Waals surface area (Å²) in [5.74, 6) is 1.58. The summed E-state index contributed by atoms with van der Waals surface area (Å²) < 4.78 is 5.62. The highest BCUT2D eigenvalue weighted by Gasteiger charge is 2.18. The van der Waals surface area contributed by atoms with Gasteiger partial charge in [-0.05, 0) is 37.7 Å². The first-order valence-electron chi connectivity index (χ1n) is 9.56. The van der Waals surface area contributed by atoms with Gasteiger partial charge in [0.05, 0.1) is 6.61 Å². The minimum Gasteiger partial charge on any atom is -0.494 e. The van der Waals surface area contributed by atoms with Gasteiger partial charge in [0.15, 0.2) is 0 Å². The Morgan fingerprint density at radius 3 is 2.78 bits per heavy atom. The third-order valence-electron chi connectivity index (χ3n) is 4.68. The predicted molar refractivity (Wildman–Crippen MR) is 107 cm³/mol. The second-order valence-electron chi connectivity index (χ2n) is 6.84. The van der Waals surface area contributed by atoms with Crippen LogP contribution in [0.1, 0.15) is 29.3 Å². The van der Waals surface area contributed by atoms with Crippen molar-refractivity contribution < 1.29 is 9.53 Å². The molecule has 1 N–H and O–H groups in total. The lowest BCUT2D eigenvalue weighted by molar-refractivity contribution is 0.0950. The maximum atomic E-state index is 12.6. The number of likely N-dealkylation sites (N-methyl/N-ethyl adjacent to an activating group) is 1. The second-order valence-corrected chi connectivity index (χ2v) is 6.84. The lowest BCUT2D eigenvalue weighted by Crippen LogP contribution is -2.45. The van der Waals surface area contributed by atoms with E-state index in [0.29, 0.717) is 18.7 Å². The molecule has 6 heteroatoms. The SMILES string of the molecule is CCCOc1cccc(C(=O)NCc2cccnc2N2CCN(C)CC2)c1. The van der Waals surface area contributed by atoms with Crippen molar-refractivity contribution >= 4 is 11.7 Å². The first kappa shape index (κ1) is 19.2. The molecule has 0 aliphatic carbocycles. The lowest BCUT2D eigenvalue weighted by Gasteiger charge is -2.34. The Morgan fingerprint density at radius 1 is 1.19 bits per heavy atom. The van der Waals surface area contributed by atoms with Crippen LogP contribution in [0.15, 0.2) is 42.6 Å². The van der Waals surface area contributed by atoms with Gasteiger partial charge in [-0.3, -0.25) is 4.79 Å². The molecule has 2 heterocycles. The zero-order valence-corrected chi connectivity index (χ0v) is 16.1. The monoisotopic (exact) mass is 368 g/mol. The third-order valence-corrected chi connectivity index (χ3v) is 4.68. The van der Waals surface area contributed by atoms with Crippen LogP contribution in [-0.2, 0) is 6.54 Å². The van der Waals surface area contributed by atoms with E-state index in [4.69, 9.17) is 4.74 Å². The lowest BCUT2D eigenvalue weighted by atomic mass is 10.2. The van der Waals surface area contributed by atoms with Gasteiger partial charge >= 0.3 is 0 Å². The zero-order valence-electron chi connectivity index (χ0n) is 16.1. The van der Waals surface area contributed by atoms with E-state index in [1.165, 1.54) is 0 Å². The van der Waals surface area contributed by atoms with Gasteiger partial charge in [0.2, 0.25) is 0 Å². The molecule has 1 saturated heterocycles. The number of rotatable bonds is 7. The van der Waals surface area contributed by atoms with Crippen LogP contribution < -0.4 is 15.0 Å². The minimum absolute atomic E-state index is 0.106. The molecular weight excluding hydrogens is 340 g/mol. The minimum atomic E-state index is -0.106. The molecule has 0 bridgehead atoms. The van der Waals surface area contributed by atoms with E-state index in [1.807, 2.05) is 30.5 Å². The second kappa shape index (κ2) is 9.37. The smallest absolute Gasteiger partial charge is 0.251 e. The molecule has 3 rings (SSSR count). The number of aromatic nitrogens is 1. The van der Waals surface area contributed by atoms with Crippen LogP contribution in [0.5, 0.6) is 5.75 Å². The normalized spacial score (nSPS) is 14.8. The molecule has 2 aromatic rings. The standard InChI is InChI=1S/C21H28N4O2/c1-3-14-27-19-8-4-6-17(15-19)21(26)23-16-18-7-5-9-22-20(18)25-12-10-24(2)11-13-25/h4-9,15H,3,10-14,16H2,1-2H3,(H,23,26). The van der Waals surface area contributed by atoms with Gasteiger partial charge in [0, 0.05) is 50.0 Å². The van der Waals surface area contributed by atoms with E-state index >= 15 is 0 Å². The maximum Gasteiger partial charge on any atom is 0.251 e. The number of nitrogens with one attached hydrogen (secondary N) is 1. The van der Waals surface area contributed by atoms with Crippen LogP contribution in [0.25, 0.3) is 0 Å². The highest BCUT2D eigenvalue weighted by molar-refractivity contribution is 5.94. The van der Waals surface area contributed by atoms with E-state index in [2.05, 4.69) is 34.1 Å². The van der Waals surface area contributed by atoms with Gasteiger partial charge in [0.1, 0.15) is 11.6 Å². The number of anilines is 1. The van der Waals surface area contributed by atoms with E-state index in [-0.39, 0.29) is 5.91 Å². The molecule has 0 radical (unpaired) electrons. The summed E-state index contributed by atoms with van der Waals surface area (Å²) in [7, 11) is 2.13. The predicted octanol–water partition coefficient (Wildman–Crippen LogP) is 2.55. The molecule has 1 aromatic carbocycles. The number of hydrogen-bond acceptors (Lipinski definition) is 5. The first-order valence-corrected chi connectivity index (χ1v) is 9.56. The van der Waals surface area contributed by atoms with Crippen molar-refractivity contribution in [3.63, 3.8) is 0 Å². The number of hydrogen-bond donors (Lipinski definition) is 1. The Morgan fingerprint density at radius 2 is 2.00 bits per heavy atom. The summed E-state index contributed by atoms with van der Waals surface area (Å²) in [6.45, 7) is 7.10. The van der Waals surface area contributed by atoms with E-state index in [9.17, 15) is 4.79 Å². The molecule has 1 aliphatic rings. The summed E-state index contributed by atoms with van der Waals surface area (Å²) in [6, 6.07) is 11.3. The van der Waals surface area contributed by atoms with Crippen LogP contribution in [0, 0.1) is 0 Å². The number of ether oxygens (including phenoxy) is 1. The molecule has 144 valence electrons. The van der Waals surface area contributed by atoms with Gasteiger partial charge in [-0.1, -0.05) is 19.1 Å². The molecule has 0 spiro atoms. The molecule has 6 nitrogen and oxygen atoms in total. The van der Waals surface area contributed by atoms with E-state index < -0.39 is 0 Å². The van der Waals surface area contributed by atoms with Crippen molar-refractivity contribution in [3.05, 3.63) is 53.7 Å². The molecule has 1 aromatic heterocycles. The Kier molecular flexibility index (Phi) is 6.65. The summed E-state index contributed by atoms with van der Waals surface area (Å²) in [5, 5.41) is 3.02. The molecule has 1 aliphatic heterocycles. The van der Waals surface area contributed by atoms with Crippen molar-refractivity contribution in [1.82, 2.24) is 15.2 Å². The Hall–Kier alpha value is -2.60. The largest absolute Gasteiger partial charge is 0.494 e. The fraction of sp³-hybridized carbons (Fsp3) is 0.429. The molecule has 1 fully saturated rings. The van der Waals surface area contributed by atoms with Crippen LogP contribution in [0.3, 0.4) is 0 Å². The van der Waals surface area contributed by atoms with Crippen molar-refractivity contribution in [2.45, 2.75) is 19.9 Å². The number of benzene rings is 1. The van der Waals surface area contributed by atoms with Crippen LogP contribution in [-0.4, -0.2) is 55.6 Å². The van der Waals surface area contributed by atoms with Crippen molar-refractivity contribution in [2.24, 2.45) is 0 Å². The highest BCUT2D eigenvalue weighted by Crippen LogP contribution is 2.19. The van der Waals surface area contributed by atoms with E-state index in [1.54, 1.807) is 12.1 Å². The van der Waals surface area contributed by atoms with Gasteiger partial charge in [-0.2, -0.15) is 0 Å².